The molecule has 2 aromatic carbocycles. The SMILES string of the molecule is NCCCCC(NC(=O)[C@@H](N)Cc1c[nH]c2ccccc12)C(=O)Nc1ccc(CNC2CCCCC2)cc1. The van der Waals surface area contributed by atoms with Crippen molar-refractivity contribution in [2.75, 3.05) is 11.9 Å². The Kier molecular flexibility index (Phi) is 10.3. The van der Waals surface area contributed by atoms with Crippen molar-refractivity contribution in [3.05, 3.63) is 65.9 Å². The molecule has 204 valence electrons. The molecule has 3 aromatic rings. The molecule has 38 heavy (non-hydrogen) atoms. The minimum atomic E-state index is -0.769. The van der Waals surface area contributed by atoms with E-state index in [0.717, 1.165) is 35.9 Å². The number of benzene rings is 2. The van der Waals surface area contributed by atoms with Crippen LogP contribution in [-0.4, -0.2) is 41.5 Å². The Morgan fingerprint density at radius 3 is 2.50 bits per heavy atom. The molecule has 0 aliphatic heterocycles. The van der Waals surface area contributed by atoms with Gasteiger partial charge in [0.1, 0.15) is 6.04 Å². The number of H-pyrrole nitrogens is 1. The third-order valence-corrected chi connectivity index (χ3v) is 7.45. The average molecular weight is 519 g/mol. The van der Waals surface area contributed by atoms with E-state index in [0.29, 0.717) is 31.1 Å². The minimum absolute atomic E-state index is 0.247. The summed E-state index contributed by atoms with van der Waals surface area (Å²) in [5, 5.41) is 10.5. The average Bonchev–Trinajstić information content (AvgIpc) is 3.35. The van der Waals surface area contributed by atoms with Crippen LogP contribution in [0.25, 0.3) is 10.9 Å². The Balaban J connectivity index is 1.32. The number of nitrogens with one attached hydrogen (secondary N) is 4. The van der Waals surface area contributed by atoms with Crippen molar-refractivity contribution in [2.45, 2.75) is 82.5 Å². The van der Waals surface area contributed by atoms with Crippen molar-refractivity contribution in [3.63, 3.8) is 0 Å². The molecule has 1 unspecified atom stereocenters. The number of fused-ring (bicyclic) bond motifs is 1. The summed E-state index contributed by atoms with van der Waals surface area (Å²) in [6.45, 7) is 1.36. The van der Waals surface area contributed by atoms with Gasteiger partial charge in [-0.05, 0) is 74.4 Å². The first-order valence-corrected chi connectivity index (χ1v) is 14.0. The van der Waals surface area contributed by atoms with Crippen LogP contribution in [-0.2, 0) is 22.6 Å². The van der Waals surface area contributed by atoms with Crippen molar-refractivity contribution in [2.24, 2.45) is 11.5 Å². The number of aromatic amines is 1. The maximum Gasteiger partial charge on any atom is 0.246 e. The first-order valence-electron chi connectivity index (χ1n) is 14.0. The number of unbranched alkanes of at least 4 members (excludes halogenated alkanes) is 1. The van der Waals surface area contributed by atoms with Gasteiger partial charge in [0.15, 0.2) is 0 Å². The second-order valence-electron chi connectivity index (χ2n) is 10.4. The molecule has 8 N–H and O–H groups in total. The molecule has 0 spiro atoms. The quantitative estimate of drug-likeness (QED) is 0.192. The summed E-state index contributed by atoms with van der Waals surface area (Å²) in [6, 6.07) is 15.0. The van der Waals surface area contributed by atoms with E-state index in [1.54, 1.807) is 0 Å². The fourth-order valence-corrected chi connectivity index (χ4v) is 5.17. The standard InChI is InChI=1S/C30H42N6O2/c31-17-7-6-12-28(36-29(37)26(32)18-22-20-34-27-11-5-4-10-25(22)27)30(38)35-24-15-13-21(14-16-24)19-33-23-8-2-1-3-9-23/h4-5,10-11,13-16,20,23,26,28,33-34H,1-3,6-9,12,17-19,31-32H2,(H,35,38)(H,36,37)/t26-,28?/m0/s1. The van der Waals surface area contributed by atoms with Crippen molar-refractivity contribution in [1.82, 2.24) is 15.6 Å². The highest BCUT2D eigenvalue weighted by molar-refractivity contribution is 5.98. The molecule has 1 heterocycles. The molecule has 0 radical (unpaired) electrons. The van der Waals surface area contributed by atoms with E-state index in [4.69, 9.17) is 11.5 Å². The number of anilines is 1. The van der Waals surface area contributed by atoms with Gasteiger partial charge in [-0.1, -0.05) is 49.6 Å². The second kappa shape index (κ2) is 14.1. The molecular weight excluding hydrogens is 476 g/mol. The summed E-state index contributed by atoms with van der Waals surface area (Å²) in [7, 11) is 0. The first-order chi connectivity index (χ1) is 18.5. The van der Waals surface area contributed by atoms with Gasteiger partial charge in [-0.15, -0.1) is 0 Å². The van der Waals surface area contributed by atoms with Crippen LogP contribution in [0.5, 0.6) is 0 Å². The molecule has 1 saturated carbocycles. The number of para-hydroxylation sites is 1. The molecule has 0 bridgehead atoms. The van der Waals surface area contributed by atoms with Gasteiger partial charge in [0, 0.05) is 35.4 Å². The van der Waals surface area contributed by atoms with Gasteiger partial charge in [0.05, 0.1) is 6.04 Å². The van der Waals surface area contributed by atoms with Crippen molar-refractivity contribution >= 4 is 28.4 Å². The Labute approximate surface area is 225 Å². The number of hydrogen-bond donors (Lipinski definition) is 6. The summed E-state index contributed by atoms with van der Waals surface area (Å²) in [5.74, 6) is -0.588. The largest absolute Gasteiger partial charge is 0.361 e. The Morgan fingerprint density at radius 1 is 0.974 bits per heavy atom. The van der Waals surface area contributed by atoms with Gasteiger partial charge in [0.2, 0.25) is 11.8 Å². The van der Waals surface area contributed by atoms with Gasteiger partial charge in [-0.3, -0.25) is 9.59 Å². The third kappa shape index (κ3) is 7.90. The van der Waals surface area contributed by atoms with Crippen LogP contribution in [0.3, 0.4) is 0 Å². The molecule has 0 saturated heterocycles. The second-order valence-corrected chi connectivity index (χ2v) is 10.4. The maximum atomic E-state index is 13.2. The summed E-state index contributed by atoms with van der Waals surface area (Å²) in [5.41, 5.74) is 15.8. The predicted molar refractivity (Wildman–Crippen MR) is 154 cm³/mol. The number of aromatic nitrogens is 1. The van der Waals surface area contributed by atoms with Crippen LogP contribution in [0.2, 0.25) is 0 Å². The van der Waals surface area contributed by atoms with Gasteiger partial charge in [0.25, 0.3) is 0 Å². The first kappa shape index (κ1) is 27.8. The summed E-state index contributed by atoms with van der Waals surface area (Å²) in [4.78, 5) is 29.4. The Hall–Kier alpha value is -3.20. The normalized spacial score (nSPS) is 15.7. The lowest BCUT2D eigenvalue weighted by Gasteiger charge is -2.23. The van der Waals surface area contributed by atoms with E-state index in [2.05, 4.69) is 20.9 Å². The Morgan fingerprint density at radius 2 is 1.74 bits per heavy atom. The van der Waals surface area contributed by atoms with Crippen LogP contribution < -0.4 is 27.4 Å². The number of carbonyl (C=O) groups excluding carboxylic acids is 2. The highest BCUT2D eigenvalue weighted by Gasteiger charge is 2.24. The zero-order valence-corrected chi connectivity index (χ0v) is 22.2. The topological polar surface area (TPSA) is 138 Å². The van der Waals surface area contributed by atoms with Crippen LogP contribution in [0.4, 0.5) is 5.69 Å². The fourth-order valence-electron chi connectivity index (χ4n) is 5.17. The lowest BCUT2D eigenvalue weighted by molar-refractivity contribution is -0.127. The lowest BCUT2D eigenvalue weighted by Crippen LogP contribution is -2.50. The van der Waals surface area contributed by atoms with E-state index in [-0.39, 0.29) is 11.8 Å². The predicted octanol–water partition coefficient (Wildman–Crippen LogP) is 3.71. The molecule has 1 aromatic heterocycles. The molecule has 2 atom stereocenters. The Bertz CT molecular complexity index is 1170. The summed E-state index contributed by atoms with van der Waals surface area (Å²) < 4.78 is 0. The van der Waals surface area contributed by atoms with Crippen molar-refractivity contribution < 1.29 is 9.59 Å². The van der Waals surface area contributed by atoms with Gasteiger partial charge < -0.3 is 32.4 Å². The molecule has 1 aliphatic rings. The smallest absolute Gasteiger partial charge is 0.246 e. The van der Waals surface area contributed by atoms with Crippen molar-refractivity contribution in [3.8, 4) is 0 Å². The molecule has 1 fully saturated rings. The van der Waals surface area contributed by atoms with E-state index >= 15 is 0 Å². The van der Waals surface area contributed by atoms with Gasteiger partial charge in [-0.25, -0.2) is 0 Å². The van der Waals surface area contributed by atoms with Crippen LogP contribution >= 0.6 is 0 Å². The van der Waals surface area contributed by atoms with E-state index < -0.39 is 12.1 Å². The zero-order valence-electron chi connectivity index (χ0n) is 22.2. The molecular formula is C30H42N6O2. The highest BCUT2D eigenvalue weighted by Crippen LogP contribution is 2.20. The summed E-state index contributed by atoms with van der Waals surface area (Å²) in [6.07, 6.45) is 10.7. The van der Waals surface area contributed by atoms with Crippen LogP contribution in [0, 0.1) is 0 Å². The molecule has 1 aliphatic carbocycles. The number of rotatable bonds is 13. The van der Waals surface area contributed by atoms with Crippen LogP contribution in [0.1, 0.15) is 62.5 Å². The third-order valence-electron chi connectivity index (χ3n) is 7.45. The number of nitrogens with two attached hydrogens (primary N) is 2. The fraction of sp³-hybridized carbons (Fsp3) is 0.467. The van der Waals surface area contributed by atoms with E-state index in [1.807, 2.05) is 54.7 Å². The highest BCUT2D eigenvalue weighted by atomic mass is 16.2. The lowest BCUT2D eigenvalue weighted by atomic mass is 9.95. The number of hydrogen-bond acceptors (Lipinski definition) is 5. The van der Waals surface area contributed by atoms with Gasteiger partial charge >= 0.3 is 0 Å². The minimum Gasteiger partial charge on any atom is -0.361 e. The summed E-state index contributed by atoms with van der Waals surface area (Å²) >= 11 is 0. The van der Waals surface area contributed by atoms with E-state index in [1.165, 1.54) is 37.7 Å². The van der Waals surface area contributed by atoms with Crippen molar-refractivity contribution in [1.29, 1.82) is 0 Å². The molecule has 4 rings (SSSR count). The zero-order chi connectivity index (χ0) is 26.7. The monoisotopic (exact) mass is 518 g/mol. The molecule has 8 heteroatoms. The van der Waals surface area contributed by atoms with Gasteiger partial charge in [-0.2, -0.15) is 0 Å². The number of carbonyl (C=O) groups is 2. The van der Waals surface area contributed by atoms with Crippen LogP contribution in [0.15, 0.2) is 54.7 Å². The van der Waals surface area contributed by atoms with E-state index in [9.17, 15) is 9.59 Å². The number of amides is 2. The maximum absolute atomic E-state index is 13.2. The molecule has 2 amide bonds. The molecule has 8 nitrogen and oxygen atoms in total.